The van der Waals surface area contributed by atoms with Crippen LogP contribution in [0.15, 0.2) is 40.2 Å². The Hall–Kier alpha value is -5.09. The molecule has 0 saturated carbocycles. The zero-order chi connectivity index (χ0) is 52.9. The predicted octanol–water partition coefficient (Wildman–Crippen LogP) is 11.7. The molecule has 1 unspecified atom stereocenters. The molecule has 0 aliphatic rings. The molecule has 0 aliphatic heterocycles. The van der Waals surface area contributed by atoms with Gasteiger partial charge >= 0.3 is 5.97 Å². The lowest BCUT2D eigenvalue weighted by atomic mass is 10.1. The van der Waals surface area contributed by atoms with Crippen molar-refractivity contribution in [3.05, 3.63) is 52.1 Å². The lowest BCUT2D eigenvalue weighted by Crippen LogP contribution is -2.45. The van der Waals surface area contributed by atoms with Gasteiger partial charge in [0.2, 0.25) is 18.3 Å². The minimum absolute atomic E-state index is 0.00159. The minimum Gasteiger partial charge on any atom is -0.458 e. The lowest BCUT2D eigenvalue weighted by Gasteiger charge is -2.25. The highest BCUT2D eigenvalue weighted by Crippen LogP contribution is 2.19. The summed E-state index contributed by atoms with van der Waals surface area (Å²) < 4.78 is 18.0. The molecule has 0 radical (unpaired) electrons. The molecule has 0 bridgehead atoms. The number of rotatable bonds is 42. The summed E-state index contributed by atoms with van der Waals surface area (Å²) in [5, 5.41) is 5.75. The number of nitrogens with one attached hydrogen (secondary N) is 3. The molecule has 2 atom stereocenters. The Morgan fingerprint density at radius 2 is 1.32 bits per heavy atom. The fourth-order valence-corrected chi connectivity index (χ4v) is 8.44. The van der Waals surface area contributed by atoms with E-state index in [0.29, 0.717) is 37.6 Å². The molecule has 0 aliphatic carbocycles. The highest BCUT2D eigenvalue weighted by atomic mass is 16.6. The van der Waals surface area contributed by atoms with Gasteiger partial charge in [0, 0.05) is 43.6 Å². The Bertz CT molecular complexity index is 2090. The number of aromatic nitrogens is 4. The van der Waals surface area contributed by atoms with Crippen molar-refractivity contribution in [2.75, 3.05) is 31.3 Å². The molecular formula is C57H92N8O8. The first kappa shape index (κ1) is 62.2. The van der Waals surface area contributed by atoms with Gasteiger partial charge in [-0.25, -0.2) is 19.8 Å². The van der Waals surface area contributed by atoms with Crippen molar-refractivity contribution in [2.24, 2.45) is 4.99 Å². The highest BCUT2D eigenvalue weighted by molar-refractivity contribution is 5.97. The quantitative estimate of drug-likeness (QED) is 0.0210. The van der Waals surface area contributed by atoms with Crippen molar-refractivity contribution in [1.82, 2.24) is 30.6 Å². The van der Waals surface area contributed by atoms with Crippen molar-refractivity contribution in [3.63, 3.8) is 0 Å². The summed E-state index contributed by atoms with van der Waals surface area (Å²) in [5.74, 6) is -1.40. The summed E-state index contributed by atoms with van der Waals surface area (Å²) in [5.41, 5.74) is -0.229. The van der Waals surface area contributed by atoms with Crippen LogP contribution in [-0.2, 0) is 35.1 Å². The van der Waals surface area contributed by atoms with E-state index in [1.807, 2.05) is 0 Å². The number of hydrogen-bond donors (Lipinski definition) is 3. The third-order valence-electron chi connectivity index (χ3n) is 12.6. The van der Waals surface area contributed by atoms with Gasteiger partial charge in [-0.05, 0) is 71.2 Å². The maximum Gasteiger partial charge on any atom is 0.329 e. The van der Waals surface area contributed by atoms with E-state index in [1.165, 1.54) is 158 Å². The van der Waals surface area contributed by atoms with Crippen molar-refractivity contribution in [2.45, 2.75) is 233 Å². The van der Waals surface area contributed by atoms with E-state index in [1.54, 1.807) is 39.8 Å². The van der Waals surface area contributed by atoms with E-state index in [4.69, 9.17) is 14.2 Å². The first-order chi connectivity index (χ1) is 35.4. The molecule has 0 saturated heterocycles. The summed E-state index contributed by atoms with van der Waals surface area (Å²) in [6, 6.07) is 5.09. The highest BCUT2D eigenvalue weighted by Gasteiger charge is 2.28. The Kier molecular flexibility index (Phi) is 32.1. The second-order valence-electron chi connectivity index (χ2n) is 20.3. The second kappa shape index (κ2) is 37.6. The first-order valence-electron chi connectivity index (χ1n) is 27.9. The van der Waals surface area contributed by atoms with Gasteiger partial charge < -0.3 is 29.7 Å². The van der Waals surface area contributed by atoms with Crippen molar-refractivity contribution >= 4 is 53.2 Å². The summed E-state index contributed by atoms with van der Waals surface area (Å²) in [6.07, 6.45) is 33.7. The Balaban J connectivity index is 1.52. The Morgan fingerprint density at radius 3 is 1.85 bits per heavy atom. The first-order valence-corrected chi connectivity index (χ1v) is 27.9. The fourth-order valence-electron chi connectivity index (χ4n) is 8.44. The number of esters is 1. The number of H-pyrrole nitrogens is 1. The van der Waals surface area contributed by atoms with Crippen molar-refractivity contribution in [3.8, 4) is 0 Å². The molecule has 2 heterocycles. The number of unbranched alkanes of at least 4 members (excludes halogenated alkanes) is 22. The van der Waals surface area contributed by atoms with Crippen LogP contribution in [0.25, 0.3) is 11.2 Å². The number of carbonyl (C=O) groups excluding carboxylic acids is 4. The van der Waals surface area contributed by atoms with Crippen LogP contribution in [0.2, 0.25) is 0 Å². The van der Waals surface area contributed by atoms with Gasteiger partial charge in [0.05, 0.1) is 31.1 Å². The van der Waals surface area contributed by atoms with Crippen LogP contribution in [0.4, 0.5) is 11.6 Å². The van der Waals surface area contributed by atoms with Crippen molar-refractivity contribution < 1.29 is 33.4 Å². The van der Waals surface area contributed by atoms with Gasteiger partial charge in [0.1, 0.15) is 11.6 Å². The average Bonchev–Trinajstić information content (AvgIpc) is 3.37. The number of anilines is 1. The van der Waals surface area contributed by atoms with Gasteiger partial charge in [0.15, 0.2) is 11.2 Å². The molecule has 2 aromatic heterocycles. The average molecular weight is 1020 g/mol. The smallest absolute Gasteiger partial charge is 0.329 e. The second-order valence-corrected chi connectivity index (χ2v) is 20.3. The number of hydrogen-bond acceptors (Lipinski definition) is 12. The van der Waals surface area contributed by atoms with Gasteiger partial charge in [-0.15, -0.1) is 0 Å². The predicted molar refractivity (Wildman–Crippen MR) is 293 cm³/mol. The summed E-state index contributed by atoms with van der Waals surface area (Å²) in [6.45, 7) is 13.3. The number of amides is 3. The third-order valence-corrected chi connectivity index (χ3v) is 12.6. The fraction of sp³-hybridized carbons (Fsp3) is 0.702. The van der Waals surface area contributed by atoms with E-state index in [2.05, 4.69) is 49.4 Å². The lowest BCUT2D eigenvalue weighted by molar-refractivity contribution is -0.157. The van der Waals surface area contributed by atoms with E-state index in [9.17, 15) is 24.0 Å². The van der Waals surface area contributed by atoms with Crippen LogP contribution < -0.4 is 21.1 Å². The van der Waals surface area contributed by atoms with Gasteiger partial charge in [0.25, 0.3) is 11.5 Å². The van der Waals surface area contributed by atoms with E-state index < -0.39 is 29.1 Å². The monoisotopic (exact) mass is 1020 g/mol. The molecule has 3 rings (SSSR count). The number of aliphatic imine (C=N–C) groups is 1. The molecule has 1 aromatic carbocycles. The van der Waals surface area contributed by atoms with Crippen LogP contribution in [-0.4, -0.2) is 94.5 Å². The van der Waals surface area contributed by atoms with Gasteiger partial charge in [-0.2, -0.15) is 4.98 Å². The molecule has 3 aromatic rings. The van der Waals surface area contributed by atoms with Gasteiger partial charge in [-0.3, -0.25) is 24.2 Å². The van der Waals surface area contributed by atoms with E-state index >= 15 is 0 Å². The molecule has 0 spiro atoms. The maximum atomic E-state index is 13.6. The molecule has 0 fully saturated rings. The minimum atomic E-state index is -1.12. The summed E-state index contributed by atoms with van der Waals surface area (Å²) >= 11 is 0. The molecule has 73 heavy (non-hydrogen) atoms. The SMILES string of the molecule is C/C=N/c1nc2ncc(CN(C=O)c3ccc(C(=O)N[C@@H](CCC(=O)NCC(COCCCCCCCCCCCCCC)OCCCCCCCCCCCCCC)C(=O)OC(C)(C)C)cc3)nc2c(=O)[nH]1. The largest absolute Gasteiger partial charge is 0.458 e. The molecule has 16 nitrogen and oxygen atoms in total. The number of carbonyl (C=O) groups is 4. The number of fused-ring (bicyclic) bond motifs is 1. The molecule has 3 N–H and O–H groups in total. The van der Waals surface area contributed by atoms with Crippen LogP contribution in [0, 0.1) is 0 Å². The van der Waals surface area contributed by atoms with Crippen LogP contribution >= 0.6 is 0 Å². The molecule has 3 amide bonds. The number of benzene rings is 1. The van der Waals surface area contributed by atoms with Crippen LogP contribution in [0.1, 0.15) is 225 Å². The van der Waals surface area contributed by atoms with E-state index in [0.717, 1.165) is 25.7 Å². The normalized spacial score (nSPS) is 12.5. The molecule has 16 heteroatoms. The Morgan fingerprint density at radius 1 is 0.767 bits per heavy atom. The molecular weight excluding hydrogens is 925 g/mol. The number of aromatic amines is 1. The maximum absolute atomic E-state index is 13.6. The van der Waals surface area contributed by atoms with Crippen LogP contribution in [0.3, 0.4) is 0 Å². The third kappa shape index (κ3) is 27.7. The topological polar surface area (TPSA) is 207 Å². The zero-order valence-corrected chi connectivity index (χ0v) is 45.6. The standard InChI is InChI=1S/C57H92N8O8/c1-7-10-12-14-16-18-20-22-24-26-28-30-38-71-43-48(72-39-31-29-27-25-23-21-19-17-15-13-11-8-2)41-59-50(67)37-36-49(55(70)73-57(4,5)6)62-53(68)45-32-34-47(35-33-45)65(44-66)42-46-40-60-52-51(61-46)54(69)64-56(63-52)58-9-3/h9,32-35,40,44,48-49H,7-8,10-31,36-39,41-43H2,1-6H3,(H,59,67)(H,62,68)(H,60,63,64,69)/b58-9+/t48?,49-/m0/s1. The zero-order valence-electron chi connectivity index (χ0n) is 45.6. The number of nitrogens with zero attached hydrogens (tertiary/aromatic N) is 5. The van der Waals surface area contributed by atoms with Gasteiger partial charge in [-0.1, -0.05) is 155 Å². The molecule has 408 valence electrons. The summed E-state index contributed by atoms with van der Waals surface area (Å²) in [7, 11) is 0. The van der Waals surface area contributed by atoms with E-state index in [-0.39, 0.29) is 60.6 Å². The summed E-state index contributed by atoms with van der Waals surface area (Å²) in [4.78, 5) is 85.9. The number of ether oxygens (including phenoxy) is 3. The van der Waals surface area contributed by atoms with Crippen molar-refractivity contribution in [1.29, 1.82) is 0 Å². The van der Waals surface area contributed by atoms with Crippen LogP contribution in [0.5, 0.6) is 0 Å². The Labute approximate surface area is 436 Å².